The van der Waals surface area contributed by atoms with Crippen molar-refractivity contribution in [1.82, 2.24) is 5.32 Å². The third kappa shape index (κ3) is 6.68. The molecule has 8 heteroatoms. The van der Waals surface area contributed by atoms with Crippen molar-refractivity contribution >= 4 is 17.6 Å². The number of carboxylic acids is 1. The minimum Gasteiger partial charge on any atom is -0.481 e. The quantitative estimate of drug-likeness (QED) is 0.343. The topological polar surface area (TPSA) is 124 Å². The molecule has 0 radical (unpaired) electrons. The Morgan fingerprint density at radius 1 is 1.38 bits per heavy atom. The van der Waals surface area contributed by atoms with Crippen LogP contribution in [0.25, 0.3) is 10.4 Å². The fraction of sp³-hybridized carbons (Fsp3) is 0.500. The van der Waals surface area contributed by atoms with Gasteiger partial charge >= 0.3 is 11.9 Å². The summed E-state index contributed by atoms with van der Waals surface area (Å²) < 4.78 is 5.19. The van der Waals surface area contributed by atoms with Gasteiger partial charge in [0.1, 0.15) is 5.60 Å². The minimum atomic E-state index is -0.969. The van der Waals surface area contributed by atoms with Crippen LogP contribution in [0.15, 0.2) is 17.2 Å². The first kappa shape index (κ1) is 19.5. The van der Waals surface area contributed by atoms with Gasteiger partial charge in [0.15, 0.2) is 0 Å². The van der Waals surface area contributed by atoms with Crippen molar-refractivity contribution in [2.45, 2.75) is 46.3 Å². The molecule has 0 aliphatic carbocycles. The highest BCUT2D eigenvalue weighted by atomic mass is 16.6. The zero-order valence-electron chi connectivity index (χ0n) is 14.3. The molecular weight excluding hydrogens is 312 g/mol. The Bertz CT molecular complexity index is 673. The van der Waals surface area contributed by atoms with Gasteiger partial charge in [-0.2, -0.15) is 0 Å². The molecule has 130 valence electrons. The molecule has 0 heterocycles. The number of benzene rings is 1. The number of aliphatic carboxylic acids is 1. The number of nitrogens with one attached hydrogen (secondary N) is 1. The number of nitrogens with zero attached hydrogens (tertiary/aromatic N) is 3. The van der Waals surface area contributed by atoms with Gasteiger partial charge in [0.25, 0.3) is 0 Å². The number of rotatable bonds is 7. The highest BCUT2D eigenvalue weighted by Crippen LogP contribution is 2.25. The summed E-state index contributed by atoms with van der Waals surface area (Å²) in [5, 5.41) is 15.5. The lowest BCUT2D eigenvalue weighted by Gasteiger charge is -2.19. The molecule has 0 aliphatic rings. The van der Waals surface area contributed by atoms with E-state index in [4.69, 9.17) is 15.4 Å². The molecule has 0 saturated heterocycles. The van der Waals surface area contributed by atoms with Crippen LogP contribution in [0.4, 0.5) is 5.69 Å². The van der Waals surface area contributed by atoms with Crippen LogP contribution in [-0.2, 0) is 27.3 Å². The number of carbonyl (C=O) groups is 2. The van der Waals surface area contributed by atoms with E-state index in [0.717, 1.165) is 5.56 Å². The van der Waals surface area contributed by atoms with Gasteiger partial charge in [-0.1, -0.05) is 11.2 Å². The van der Waals surface area contributed by atoms with Crippen LogP contribution < -0.4 is 5.32 Å². The molecule has 0 spiro atoms. The SMILES string of the molecule is Cc1c(CC(=O)O)cc(CNCC(=O)OC(C)(C)C)cc1N=[N+]=[N-]. The number of ether oxygens (including phenoxy) is 1. The first-order chi connectivity index (χ1) is 11.1. The van der Waals surface area contributed by atoms with Gasteiger partial charge in [0, 0.05) is 17.1 Å². The number of carbonyl (C=O) groups excluding carboxylic acids is 1. The fourth-order valence-electron chi connectivity index (χ4n) is 2.11. The fourth-order valence-corrected chi connectivity index (χ4v) is 2.11. The second kappa shape index (κ2) is 8.33. The second-order valence-corrected chi connectivity index (χ2v) is 6.35. The summed E-state index contributed by atoms with van der Waals surface area (Å²) in [5.41, 5.74) is 10.4. The molecule has 1 aromatic rings. The number of azide groups is 1. The number of hydrogen-bond donors (Lipinski definition) is 2. The normalized spacial score (nSPS) is 10.8. The Hall–Kier alpha value is -2.57. The number of hydrogen-bond acceptors (Lipinski definition) is 5. The van der Waals surface area contributed by atoms with E-state index < -0.39 is 11.6 Å². The minimum absolute atomic E-state index is 0.0241. The molecule has 0 amide bonds. The largest absolute Gasteiger partial charge is 0.481 e. The van der Waals surface area contributed by atoms with Crippen molar-refractivity contribution < 1.29 is 19.4 Å². The molecule has 0 bridgehead atoms. The van der Waals surface area contributed by atoms with E-state index in [1.165, 1.54) is 0 Å². The average molecular weight is 334 g/mol. The van der Waals surface area contributed by atoms with Crippen LogP contribution in [0.2, 0.25) is 0 Å². The lowest BCUT2D eigenvalue weighted by molar-refractivity contribution is -0.153. The Morgan fingerprint density at radius 2 is 2.04 bits per heavy atom. The highest BCUT2D eigenvalue weighted by Gasteiger charge is 2.16. The molecular formula is C16H22N4O4. The predicted molar refractivity (Wildman–Crippen MR) is 88.9 cm³/mol. The molecule has 2 N–H and O–H groups in total. The van der Waals surface area contributed by atoms with Crippen molar-refractivity contribution in [2.24, 2.45) is 5.11 Å². The van der Waals surface area contributed by atoms with E-state index in [1.54, 1.807) is 39.8 Å². The zero-order chi connectivity index (χ0) is 18.3. The number of carboxylic acid groups (broad SMARTS) is 1. The summed E-state index contributed by atoms with van der Waals surface area (Å²) in [6, 6.07) is 3.39. The second-order valence-electron chi connectivity index (χ2n) is 6.35. The summed E-state index contributed by atoms with van der Waals surface area (Å²) in [4.78, 5) is 25.4. The Balaban J connectivity index is 2.84. The summed E-state index contributed by atoms with van der Waals surface area (Å²) in [6.07, 6.45) is -0.167. The zero-order valence-corrected chi connectivity index (χ0v) is 14.3. The highest BCUT2D eigenvalue weighted by molar-refractivity contribution is 5.72. The Kier molecular flexibility index (Phi) is 6.76. The van der Waals surface area contributed by atoms with E-state index in [9.17, 15) is 9.59 Å². The van der Waals surface area contributed by atoms with E-state index in [1.807, 2.05) is 0 Å². The van der Waals surface area contributed by atoms with E-state index in [2.05, 4.69) is 15.3 Å². The molecule has 24 heavy (non-hydrogen) atoms. The molecule has 0 atom stereocenters. The first-order valence-corrected chi connectivity index (χ1v) is 7.44. The summed E-state index contributed by atoms with van der Waals surface area (Å²) in [7, 11) is 0. The van der Waals surface area contributed by atoms with Crippen molar-refractivity contribution in [1.29, 1.82) is 0 Å². The monoisotopic (exact) mass is 334 g/mol. The molecule has 8 nitrogen and oxygen atoms in total. The maximum absolute atomic E-state index is 11.7. The first-order valence-electron chi connectivity index (χ1n) is 7.44. The summed E-state index contributed by atoms with van der Waals surface area (Å²) in [6.45, 7) is 7.41. The van der Waals surface area contributed by atoms with Crippen molar-refractivity contribution in [3.05, 3.63) is 39.3 Å². The van der Waals surface area contributed by atoms with Gasteiger partial charge in [-0.15, -0.1) is 0 Å². The molecule has 0 unspecified atom stereocenters. The van der Waals surface area contributed by atoms with E-state index in [-0.39, 0.29) is 18.9 Å². The van der Waals surface area contributed by atoms with Gasteiger partial charge in [-0.05, 0) is 56.0 Å². The van der Waals surface area contributed by atoms with Crippen LogP contribution in [0.1, 0.15) is 37.5 Å². The Labute approximate surface area is 140 Å². The maximum Gasteiger partial charge on any atom is 0.320 e. The van der Waals surface area contributed by atoms with Crippen LogP contribution in [0.5, 0.6) is 0 Å². The van der Waals surface area contributed by atoms with E-state index in [0.29, 0.717) is 23.4 Å². The third-order valence-corrected chi connectivity index (χ3v) is 3.06. The van der Waals surface area contributed by atoms with Crippen LogP contribution in [0, 0.1) is 6.92 Å². The van der Waals surface area contributed by atoms with Gasteiger partial charge in [-0.25, -0.2) is 0 Å². The standard InChI is InChI=1S/C16H22N4O4/c1-10-12(7-14(21)22)5-11(6-13(10)19-20-17)8-18-9-15(23)24-16(2,3)4/h5-6,18H,7-9H2,1-4H3,(H,21,22). The Morgan fingerprint density at radius 3 is 2.58 bits per heavy atom. The molecule has 0 aliphatic heterocycles. The van der Waals surface area contributed by atoms with Crippen LogP contribution >= 0.6 is 0 Å². The molecule has 1 rings (SSSR count). The average Bonchev–Trinajstić information content (AvgIpc) is 2.41. The number of esters is 1. The predicted octanol–water partition coefficient (Wildman–Crippen LogP) is 3.00. The van der Waals surface area contributed by atoms with Crippen LogP contribution in [-0.4, -0.2) is 29.2 Å². The summed E-state index contributed by atoms with van der Waals surface area (Å²) >= 11 is 0. The molecule has 0 aromatic heterocycles. The molecule has 0 fully saturated rings. The lowest BCUT2D eigenvalue weighted by atomic mass is 10.0. The molecule has 0 saturated carbocycles. The summed E-state index contributed by atoms with van der Waals surface area (Å²) in [5.74, 6) is -1.35. The molecule has 1 aromatic carbocycles. The van der Waals surface area contributed by atoms with Gasteiger partial charge in [0.2, 0.25) is 0 Å². The van der Waals surface area contributed by atoms with Crippen molar-refractivity contribution in [2.75, 3.05) is 6.54 Å². The van der Waals surface area contributed by atoms with Gasteiger partial charge < -0.3 is 15.2 Å². The lowest BCUT2D eigenvalue weighted by Crippen LogP contribution is -2.31. The maximum atomic E-state index is 11.7. The third-order valence-electron chi connectivity index (χ3n) is 3.06. The van der Waals surface area contributed by atoms with Crippen molar-refractivity contribution in [3.8, 4) is 0 Å². The smallest absolute Gasteiger partial charge is 0.320 e. The van der Waals surface area contributed by atoms with E-state index >= 15 is 0 Å². The van der Waals surface area contributed by atoms with Crippen LogP contribution in [0.3, 0.4) is 0 Å². The van der Waals surface area contributed by atoms with Crippen molar-refractivity contribution in [3.63, 3.8) is 0 Å². The van der Waals surface area contributed by atoms with Gasteiger partial charge in [-0.3, -0.25) is 9.59 Å². The van der Waals surface area contributed by atoms with Gasteiger partial charge in [0.05, 0.1) is 13.0 Å².